The molecule has 1 aromatic carbocycles. The summed E-state index contributed by atoms with van der Waals surface area (Å²) in [6, 6.07) is 12.4. The largest absolute Gasteiger partial charge is 0.497 e. The molecule has 1 atom stereocenters. The normalized spacial score (nSPS) is 12.0. The monoisotopic (exact) mass is 334 g/mol. The van der Waals surface area contributed by atoms with Crippen molar-refractivity contribution in [2.45, 2.75) is 26.4 Å². The van der Waals surface area contributed by atoms with Crippen LogP contribution in [0.1, 0.15) is 30.3 Å². The molecule has 0 aliphatic rings. The zero-order valence-electron chi connectivity index (χ0n) is 13.1. The van der Waals surface area contributed by atoms with Crippen LogP contribution in [0.4, 0.5) is 0 Å². The number of hydrogen-bond donors (Lipinski definition) is 2. The maximum atomic E-state index is 5.43. The summed E-state index contributed by atoms with van der Waals surface area (Å²) < 4.78 is 5.16. The molecule has 0 aliphatic heterocycles. The van der Waals surface area contributed by atoms with Crippen molar-refractivity contribution in [3.8, 4) is 5.75 Å². The number of benzene rings is 1. The Morgan fingerprint density at radius 1 is 1.23 bits per heavy atom. The minimum Gasteiger partial charge on any atom is -0.497 e. The number of nitrogens with one attached hydrogen (secondary N) is 2. The van der Waals surface area contributed by atoms with Crippen molar-refractivity contribution in [3.63, 3.8) is 0 Å². The lowest BCUT2D eigenvalue weighted by atomic mass is 10.0. The number of hydrogen-bond acceptors (Lipinski definition) is 3. The highest BCUT2D eigenvalue weighted by molar-refractivity contribution is 7.80. The Morgan fingerprint density at radius 3 is 2.50 bits per heavy atom. The van der Waals surface area contributed by atoms with Crippen molar-refractivity contribution >= 4 is 28.7 Å². The van der Waals surface area contributed by atoms with Gasteiger partial charge in [-0.15, -0.1) is 11.3 Å². The SMILES string of the molecule is COc1ccc(CNC(=S)N[C@@H](c2cccs2)C(C)C)cc1. The molecule has 1 heterocycles. The van der Waals surface area contributed by atoms with Crippen LogP contribution in [0, 0.1) is 5.92 Å². The van der Waals surface area contributed by atoms with Crippen LogP contribution in [-0.2, 0) is 6.54 Å². The van der Waals surface area contributed by atoms with E-state index < -0.39 is 0 Å². The van der Waals surface area contributed by atoms with Crippen molar-refractivity contribution < 1.29 is 4.74 Å². The minimum absolute atomic E-state index is 0.246. The Bertz CT molecular complexity index is 579. The minimum atomic E-state index is 0.246. The van der Waals surface area contributed by atoms with Gasteiger partial charge in [0, 0.05) is 11.4 Å². The van der Waals surface area contributed by atoms with Gasteiger partial charge in [-0.05, 0) is 47.3 Å². The molecule has 2 aromatic rings. The van der Waals surface area contributed by atoms with Gasteiger partial charge in [0.2, 0.25) is 0 Å². The zero-order valence-corrected chi connectivity index (χ0v) is 14.8. The molecule has 0 aliphatic carbocycles. The summed E-state index contributed by atoms with van der Waals surface area (Å²) in [4.78, 5) is 1.31. The second-order valence-electron chi connectivity index (χ2n) is 5.41. The van der Waals surface area contributed by atoms with Crippen LogP contribution >= 0.6 is 23.6 Å². The number of rotatable bonds is 6. The van der Waals surface area contributed by atoms with Crippen molar-refractivity contribution in [2.24, 2.45) is 5.92 Å². The third-order valence-corrected chi connectivity index (χ3v) is 4.63. The highest BCUT2D eigenvalue weighted by atomic mass is 32.1. The van der Waals surface area contributed by atoms with Crippen molar-refractivity contribution in [2.75, 3.05) is 7.11 Å². The van der Waals surface area contributed by atoms with Gasteiger partial charge in [0.15, 0.2) is 5.11 Å². The maximum Gasteiger partial charge on any atom is 0.167 e. The topological polar surface area (TPSA) is 33.3 Å². The van der Waals surface area contributed by atoms with E-state index in [2.05, 4.69) is 42.0 Å². The lowest BCUT2D eigenvalue weighted by Gasteiger charge is -2.23. The maximum absolute atomic E-state index is 5.43. The van der Waals surface area contributed by atoms with E-state index in [9.17, 15) is 0 Å². The molecule has 1 aromatic heterocycles. The van der Waals surface area contributed by atoms with Gasteiger partial charge in [-0.1, -0.05) is 32.0 Å². The molecule has 0 fully saturated rings. The average molecular weight is 335 g/mol. The molecule has 0 amide bonds. The van der Waals surface area contributed by atoms with E-state index in [1.54, 1.807) is 18.4 Å². The molecular formula is C17H22N2OS2. The van der Waals surface area contributed by atoms with Gasteiger partial charge >= 0.3 is 0 Å². The number of ether oxygens (including phenoxy) is 1. The highest BCUT2D eigenvalue weighted by Gasteiger charge is 2.17. The van der Waals surface area contributed by atoms with Gasteiger partial charge in [0.05, 0.1) is 13.2 Å². The average Bonchev–Trinajstić information content (AvgIpc) is 3.04. The Hall–Kier alpha value is -1.59. The van der Waals surface area contributed by atoms with Gasteiger partial charge in [-0.2, -0.15) is 0 Å². The molecule has 2 N–H and O–H groups in total. The third-order valence-electron chi connectivity index (χ3n) is 3.42. The first-order chi connectivity index (χ1) is 10.6. The summed E-state index contributed by atoms with van der Waals surface area (Å²) in [5.74, 6) is 1.33. The van der Waals surface area contributed by atoms with Gasteiger partial charge in [0.1, 0.15) is 5.75 Å². The predicted molar refractivity (Wildman–Crippen MR) is 97.5 cm³/mol. The second kappa shape index (κ2) is 8.15. The van der Waals surface area contributed by atoms with Crippen LogP contribution in [0.25, 0.3) is 0 Å². The molecule has 22 heavy (non-hydrogen) atoms. The molecule has 118 valence electrons. The molecule has 0 unspecified atom stereocenters. The first-order valence-corrected chi connectivity index (χ1v) is 8.59. The molecule has 2 rings (SSSR count). The van der Waals surface area contributed by atoms with E-state index in [0.717, 1.165) is 5.75 Å². The summed E-state index contributed by atoms with van der Waals surface area (Å²) in [5, 5.41) is 9.47. The molecule has 0 bridgehead atoms. The van der Waals surface area contributed by atoms with Crippen molar-refractivity contribution in [1.29, 1.82) is 0 Å². The van der Waals surface area contributed by atoms with E-state index in [1.807, 2.05) is 24.3 Å². The summed E-state index contributed by atoms with van der Waals surface area (Å²) in [6.07, 6.45) is 0. The van der Waals surface area contributed by atoms with E-state index >= 15 is 0 Å². The van der Waals surface area contributed by atoms with Gasteiger partial charge in [-0.3, -0.25) is 0 Å². The summed E-state index contributed by atoms with van der Waals surface area (Å²) in [5.41, 5.74) is 1.17. The van der Waals surface area contributed by atoms with E-state index in [4.69, 9.17) is 17.0 Å². The Morgan fingerprint density at radius 2 is 1.95 bits per heavy atom. The molecular weight excluding hydrogens is 312 g/mol. The molecule has 3 nitrogen and oxygen atoms in total. The Labute approximate surface area is 141 Å². The lowest BCUT2D eigenvalue weighted by Crippen LogP contribution is -2.38. The number of thiophene rings is 1. The quantitative estimate of drug-likeness (QED) is 0.779. The van der Waals surface area contributed by atoms with Crippen LogP contribution in [0.15, 0.2) is 41.8 Å². The van der Waals surface area contributed by atoms with E-state index in [-0.39, 0.29) is 6.04 Å². The van der Waals surface area contributed by atoms with Gasteiger partial charge in [0.25, 0.3) is 0 Å². The molecule has 0 spiro atoms. The first-order valence-electron chi connectivity index (χ1n) is 7.31. The molecule has 0 saturated carbocycles. The predicted octanol–water partition coefficient (Wildman–Crippen LogP) is 4.12. The number of thiocarbonyl (C=S) groups is 1. The zero-order chi connectivity index (χ0) is 15.9. The number of methoxy groups -OCH3 is 1. The second-order valence-corrected chi connectivity index (χ2v) is 6.80. The van der Waals surface area contributed by atoms with Gasteiger partial charge in [-0.25, -0.2) is 0 Å². The lowest BCUT2D eigenvalue weighted by molar-refractivity contribution is 0.414. The first kappa shape index (κ1) is 16.8. The molecule has 0 saturated heterocycles. The smallest absolute Gasteiger partial charge is 0.167 e. The standard InChI is InChI=1S/C17H22N2OS2/c1-12(2)16(15-5-4-10-22-15)19-17(21)18-11-13-6-8-14(20-3)9-7-13/h4-10,12,16H,11H2,1-3H3,(H2,18,19,21)/t16-/m1/s1. The molecule has 0 radical (unpaired) electrons. The fraction of sp³-hybridized carbons (Fsp3) is 0.353. The van der Waals surface area contributed by atoms with Crippen molar-refractivity contribution in [1.82, 2.24) is 10.6 Å². The Balaban J connectivity index is 1.88. The van der Waals surface area contributed by atoms with Crippen LogP contribution in [0.3, 0.4) is 0 Å². The fourth-order valence-corrected chi connectivity index (χ4v) is 3.30. The van der Waals surface area contributed by atoms with Crippen LogP contribution < -0.4 is 15.4 Å². The summed E-state index contributed by atoms with van der Waals surface area (Å²) in [6.45, 7) is 5.10. The van der Waals surface area contributed by atoms with E-state index in [0.29, 0.717) is 17.6 Å². The molecule has 5 heteroatoms. The highest BCUT2D eigenvalue weighted by Crippen LogP contribution is 2.25. The van der Waals surface area contributed by atoms with Crippen LogP contribution in [-0.4, -0.2) is 12.2 Å². The van der Waals surface area contributed by atoms with Gasteiger partial charge < -0.3 is 15.4 Å². The van der Waals surface area contributed by atoms with Crippen LogP contribution in [0.2, 0.25) is 0 Å². The Kier molecular flexibility index (Phi) is 6.21. The van der Waals surface area contributed by atoms with Crippen LogP contribution in [0.5, 0.6) is 5.75 Å². The summed E-state index contributed by atoms with van der Waals surface area (Å²) in [7, 11) is 1.67. The summed E-state index contributed by atoms with van der Waals surface area (Å²) >= 11 is 7.19. The van der Waals surface area contributed by atoms with E-state index in [1.165, 1.54) is 10.4 Å². The fourth-order valence-electron chi connectivity index (χ4n) is 2.15. The van der Waals surface area contributed by atoms with Crippen molar-refractivity contribution in [3.05, 3.63) is 52.2 Å². The third kappa shape index (κ3) is 4.71.